The van der Waals surface area contributed by atoms with Gasteiger partial charge in [-0.05, 0) is 19.8 Å². The minimum Gasteiger partial charge on any atom is -0.345 e. The second-order valence-electron chi connectivity index (χ2n) is 3.37. The van der Waals surface area contributed by atoms with Gasteiger partial charge >= 0.3 is 0 Å². The number of aromatic nitrogens is 3. The first-order valence-electron chi connectivity index (χ1n) is 3.88. The van der Waals surface area contributed by atoms with Gasteiger partial charge in [-0.2, -0.15) is 15.4 Å². The maximum absolute atomic E-state index is 11.3. The molecule has 1 fully saturated rings. The standard InChI is InChI=1S/C7H10N4O/c1-7(2-3-7)9-6(12)5-4-8-11-10-5/h4H,2-3H2,1H3,(H,9,12)(H,8,10,11). The third kappa shape index (κ3) is 1.30. The van der Waals surface area contributed by atoms with Gasteiger partial charge in [-0.3, -0.25) is 4.79 Å². The molecule has 64 valence electrons. The van der Waals surface area contributed by atoms with Gasteiger partial charge in [-0.1, -0.05) is 0 Å². The highest BCUT2D eigenvalue weighted by Crippen LogP contribution is 2.34. The summed E-state index contributed by atoms with van der Waals surface area (Å²) in [5.74, 6) is -0.149. The third-order valence-electron chi connectivity index (χ3n) is 2.06. The molecule has 0 atom stereocenters. The maximum Gasteiger partial charge on any atom is 0.273 e. The highest BCUT2D eigenvalue weighted by Gasteiger charge is 2.39. The SMILES string of the molecule is CC1(NC(=O)c2cn[nH]n2)CC1. The van der Waals surface area contributed by atoms with E-state index in [4.69, 9.17) is 0 Å². The molecule has 0 saturated heterocycles. The fourth-order valence-corrected chi connectivity index (χ4v) is 0.962. The van der Waals surface area contributed by atoms with Crippen molar-refractivity contribution in [3.63, 3.8) is 0 Å². The van der Waals surface area contributed by atoms with Crippen molar-refractivity contribution in [2.45, 2.75) is 25.3 Å². The molecule has 0 aromatic carbocycles. The zero-order valence-electron chi connectivity index (χ0n) is 6.79. The van der Waals surface area contributed by atoms with Crippen LogP contribution in [0, 0.1) is 0 Å². The number of H-pyrrole nitrogens is 1. The topological polar surface area (TPSA) is 70.7 Å². The summed E-state index contributed by atoms with van der Waals surface area (Å²) in [5, 5.41) is 12.5. The normalized spacial score (nSPS) is 18.8. The maximum atomic E-state index is 11.3. The van der Waals surface area contributed by atoms with Crippen LogP contribution in [0.25, 0.3) is 0 Å². The third-order valence-corrected chi connectivity index (χ3v) is 2.06. The van der Waals surface area contributed by atoms with Crippen LogP contribution < -0.4 is 5.32 Å². The van der Waals surface area contributed by atoms with Gasteiger partial charge in [0.05, 0.1) is 6.20 Å². The largest absolute Gasteiger partial charge is 0.345 e. The highest BCUT2D eigenvalue weighted by atomic mass is 16.2. The van der Waals surface area contributed by atoms with E-state index in [0.29, 0.717) is 5.69 Å². The Morgan fingerprint density at radius 1 is 1.75 bits per heavy atom. The number of nitrogens with one attached hydrogen (secondary N) is 2. The Labute approximate surface area is 69.5 Å². The highest BCUT2D eigenvalue weighted by molar-refractivity contribution is 5.92. The summed E-state index contributed by atoms with van der Waals surface area (Å²) in [6.07, 6.45) is 3.52. The molecule has 1 aliphatic carbocycles. The van der Waals surface area contributed by atoms with E-state index in [0.717, 1.165) is 12.8 Å². The molecule has 5 heteroatoms. The molecule has 0 spiro atoms. The minimum atomic E-state index is -0.149. The van der Waals surface area contributed by atoms with Crippen molar-refractivity contribution in [2.75, 3.05) is 0 Å². The molecule has 12 heavy (non-hydrogen) atoms. The average molecular weight is 166 g/mol. The van der Waals surface area contributed by atoms with Crippen molar-refractivity contribution in [1.29, 1.82) is 0 Å². The molecule has 2 N–H and O–H groups in total. The predicted octanol–water partition coefficient (Wildman–Crippen LogP) is 0.0870. The molecule has 1 heterocycles. The van der Waals surface area contributed by atoms with Gasteiger partial charge in [-0.15, -0.1) is 0 Å². The number of nitrogens with zero attached hydrogens (tertiary/aromatic N) is 2. The molecule has 5 nitrogen and oxygen atoms in total. The molecule has 0 radical (unpaired) electrons. The van der Waals surface area contributed by atoms with Gasteiger partial charge in [0.15, 0.2) is 5.69 Å². The first kappa shape index (κ1) is 7.27. The number of amides is 1. The van der Waals surface area contributed by atoms with E-state index in [1.807, 2.05) is 6.92 Å². The minimum absolute atomic E-state index is 0.00995. The number of hydrogen-bond acceptors (Lipinski definition) is 3. The van der Waals surface area contributed by atoms with Crippen molar-refractivity contribution in [1.82, 2.24) is 20.7 Å². The second-order valence-corrected chi connectivity index (χ2v) is 3.37. The number of hydrogen-bond donors (Lipinski definition) is 2. The number of rotatable bonds is 2. The van der Waals surface area contributed by atoms with Crippen molar-refractivity contribution in [3.8, 4) is 0 Å². The lowest BCUT2D eigenvalue weighted by Gasteiger charge is -2.08. The van der Waals surface area contributed by atoms with Gasteiger partial charge < -0.3 is 5.32 Å². The molecular weight excluding hydrogens is 156 g/mol. The van der Waals surface area contributed by atoms with Gasteiger partial charge in [-0.25, -0.2) is 0 Å². The van der Waals surface area contributed by atoms with Gasteiger partial charge in [0.25, 0.3) is 5.91 Å². The van der Waals surface area contributed by atoms with Crippen LogP contribution in [0.4, 0.5) is 0 Å². The van der Waals surface area contributed by atoms with Gasteiger partial charge in [0, 0.05) is 5.54 Å². The molecule has 1 aromatic heterocycles. The lowest BCUT2D eigenvalue weighted by Crippen LogP contribution is -2.34. The molecule has 1 amide bonds. The lowest BCUT2D eigenvalue weighted by atomic mass is 10.3. The van der Waals surface area contributed by atoms with E-state index in [1.54, 1.807) is 0 Å². The van der Waals surface area contributed by atoms with E-state index < -0.39 is 0 Å². The molecule has 1 aliphatic rings. The first-order chi connectivity index (χ1) is 5.70. The Kier molecular flexibility index (Phi) is 1.39. The lowest BCUT2D eigenvalue weighted by molar-refractivity contribution is 0.0930. The van der Waals surface area contributed by atoms with E-state index >= 15 is 0 Å². The Bertz CT molecular complexity index is 288. The summed E-state index contributed by atoms with van der Waals surface area (Å²) in [6.45, 7) is 2.02. The monoisotopic (exact) mass is 166 g/mol. The summed E-state index contributed by atoms with van der Waals surface area (Å²) in [7, 11) is 0. The van der Waals surface area contributed by atoms with E-state index in [9.17, 15) is 4.79 Å². The first-order valence-corrected chi connectivity index (χ1v) is 3.88. The van der Waals surface area contributed by atoms with Gasteiger partial charge in [0.2, 0.25) is 0 Å². The fraction of sp³-hybridized carbons (Fsp3) is 0.571. The van der Waals surface area contributed by atoms with Crippen LogP contribution in [0.2, 0.25) is 0 Å². The zero-order valence-corrected chi connectivity index (χ0v) is 6.79. The molecule has 1 aromatic rings. The van der Waals surface area contributed by atoms with E-state index in [2.05, 4.69) is 20.7 Å². The molecular formula is C7H10N4O. The molecule has 0 aliphatic heterocycles. The Balaban J connectivity index is 2.02. The Morgan fingerprint density at radius 3 is 3.00 bits per heavy atom. The van der Waals surface area contributed by atoms with Crippen molar-refractivity contribution < 1.29 is 4.79 Å². The van der Waals surface area contributed by atoms with E-state index in [1.165, 1.54) is 6.20 Å². The zero-order chi connectivity index (χ0) is 8.60. The summed E-state index contributed by atoms with van der Waals surface area (Å²) in [4.78, 5) is 11.3. The summed E-state index contributed by atoms with van der Waals surface area (Å²) in [6, 6.07) is 0. The Morgan fingerprint density at radius 2 is 2.50 bits per heavy atom. The average Bonchev–Trinajstić information content (AvgIpc) is 2.55. The van der Waals surface area contributed by atoms with E-state index in [-0.39, 0.29) is 11.4 Å². The number of aromatic amines is 1. The van der Waals surface area contributed by atoms with Crippen molar-refractivity contribution >= 4 is 5.91 Å². The smallest absolute Gasteiger partial charge is 0.273 e. The van der Waals surface area contributed by atoms with Crippen LogP contribution in [0.15, 0.2) is 6.20 Å². The quantitative estimate of drug-likeness (QED) is 0.654. The molecule has 0 unspecified atom stereocenters. The summed E-state index contributed by atoms with van der Waals surface area (Å²) >= 11 is 0. The molecule has 1 saturated carbocycles. The van der Waals surface area contributed by atoms with Crippen LogP contribution in [-0.2, 0) is 0 Å². The number of carbonyl (C=O) groups excluding carboxylic acids is 1. The Hall–Kier alpha value is -1.39. The van der Waals surface area contributed by atoms with Crippen LogP contribution in [0.5, 0.6) is 0 Å². The van der Waals surface area contributed by atoms with Crippen LogP contribution in [-0.4, -0.2) is 26.9 Å². The summed E-state index contributed by atoms with van der Waals surface area (Å²) < 4.78 is 0. The van der Waals surface area contributed by atoms with Crippen LogP contribution in [0.1, 0.15) is 30.3 Å². The predicted molar refractivity (Wildman–Crippen MR) is 41.5 cm³/mol. The van der Waals surface area contributed by atoms with Crippen LogP contribution in [0.3, 0.4) is 0 Å². The van der Waals surface area contributed by atoms with Gasteiger partial charge in [0.1, 0.15) is 0 Å². The number of carbonyl (C=O) groups is 1. The summed E-state index contributed by atoms with van der Waals surface area (Å²) in [5.41, 5.74) is 0.360. The van der Waals surface area contributed by atoms with Crippen molar-refractivity contribution in [2.24, 2.45) is 0 Å². The van der Waals surface area contributed by atoms with Crippen molar-refractivity contribution in [3.05, 3.63) is 11.9 Å². The van der Waals surface area contributed by atoms with Crippen LogP contribution >= 0.6 is 0 Å². The second kappa shape index (κ2) is 2.30. The molecule has 2 rings (SSSR count). The fourth-order valence-electron chi connectivity index (χ4n) is 0.962. The molecule has 0 bridgehead atoms.